The highest BCUT2D eigenvalue weighted by molar-refractivity contribution is 5.93. The number of fused-ring (bicyclic) bond motifs is 2. The minimum atomic E-state index is 0. The average Bonchev–Trinajstić information content (AvgIpc) is 3.23. The standard InChI is InChI=1S/C21H16N4O.ClH/c1-25-13-16(20-18(25)6-4-12-22-20)14-8-10-15(11-9-14)23-21-24-17-5-2-3-7-19(17)26-21;/h2-13H,1H3,(H,23,24);1H. The Balaban J connectivity index is 0.00000180. The number of para-hydroxylation sites is 2. The number of hydrogen-bond acceptors (Lipinski definition) is 4. The first-order valence-electron chi connectivity index (χ1n) is 8.41. The summed E-state index contributed by atoms with van der Waals surface area (Å²) in [4.78, 5) is 8.97. The monoisotopic (exact) mass is 376 g/mol. The van der Waals surface area contributed by atoms with Crippen LogP contribution in [0.3, 0.4) is 0 Å². The van der Waals surface area contributed by atoms with Gasteiger partial charge < -0.3 is 14.3 Å². The number of pyridine rings is 1. The molecule has 0 aliphatic carbocycles. The molecule has 0 fully saturated rings. The lowest BCUT2D eigenvalue weighted by molar-refractivity contribution is 0.623. The summed E-state index contributed by atoms with van der Waals surface area (Å²) in [5, 5.41) is 3.22. The molecule has 0 spiro atoms. The van der Waals surface area contributed by atoms with Crippen LogP contribution in [0.4, 0.5) is 11.7 Å². The second-order valence-electron chi connectivity index (χ2n) is 6.21. The smallest absolute Gasteiger partial charge is 0.300 e. The van der Waals surface area contributed by atoms with Gasteiger partial charge in [0.1, 0.15) is 5.52 Å². The predicted molar refractivity (Wildman–Crippen MR) is 111 cm³/mol. The van der Waals surface area contributed by atoms with Crippen molar-refractivity contribution in [3.63, 3.8) is 0 Å². The second-order valence-corrected chi connectivity index (χ2v) is 6.21. The Bertz CT molecular complexity index is 1190. The Morgan fingerprint density at radius 2 is 1.78 bits per heavy atom. The van der Waals surface area contributed by atoms with Crippen molar-refractivity contribution in [2.45, 2.75) is 0 Å². The Hall–Kier alpha value is -3.31. The van der Waals surface area contributed by atoms with E-state index in [2.05, 4.69) is 44.2 Å². The van der Waals surface area contributed by atoms with Crippen LogP contribution in [0.1, 0.15) is 0 Å². The van der Waals surface area contributed by atoms with Crippen molar-refractivity contribution in [1.82, 2.24) is 14.5 Å². The molecule has 5 rings (SSSR count). The maximum atomic E-state index is 5.71. The van der Waals surface area contributed by atoms with E-state index in [1.54, 1.807) is 0 Å². The lowest BCUT2D eigenvalue weighted by Crippen LogP contribution is -1.89. The Morgan fingerprint density at radius 1 is 0.963 bits per heavy atom. The summed E-state index contributed by atoms with van der Waals surface area (Å²) in [6, 6.07) is 20.4. The fraction of sp³-hybridized carbons (Fsp3) is 0.0476. The summed E-state index contributed by atoms with van der Waals surface area (Å²) < 4.78 is 7.81. The van der Waals surface area contributed by atoms with Crippen LogP contribution >= 0.6 is 12.4 Å². The molecule has 0 aliphatic heterocycles. The van der Waals surface area contributed by atoms with Crippen molar-refractivity contribution in [1.29, 1.82) is 0 Å². The number of rotatable bonds is 3. The first kappa shape index (κ1) is 17.1. The normalized spacial score (nSPS) is 10.9. The summed E-state index contributed by atoms with van der Waals surface area (Å²) >= 11 is 0. The van der Waals surface area contributed by atoms with E-state index in [9.17, 15) is 0 Å². The average molecular weight is 377 g/mol. The van der Waals surface area contributed by atoms with E-state index in [1.807, 2.05) is 55.7 Å². The van der Waals surface area contributed by atoms with Crippen molar-refractivity contribution in [3.05, 3.63) is 73.1 Å². The van der Waals surface area contributed by atoms with Crippen molar-refractivity contribution in [2.75, 3.05) is 5.32 Å². The van der Waals surface area contributed by atoms with Gasteiger partial charge in [0.15, 0.2) is 5.58 Å². The molecule has 0 atom stereocenters. The number of halogens is 1. The molecule has 3 heterocycles. The first-order chi connectivity index (χ1) is 12.8. The Labute approximate surface area is 162 Å². The van der Waals surface area contributed by atoms with Crippen LogP contribution in [-0.4, -0.2) is 14.5 Å². The molecule has 3 aromatic heterocycles. The highest BCUT2D eigenvalue weighted by Gasteiger charge is 2.10. The lowest BCUT2D eigenvalue weighted by atomic mass is 10.1. The summed E-state index contributed by atoms with van der Waals surface area (Å²) in [5.41, 5.74) is 6.91. The zero-order valence-electron chi connectivity index (χ0n) is 14.6. The number of oxazole rings is 1. The van der Waals surface area contributed by atoms with E-state index in [0.29, 0.717) is 6.01 Å². The van der Waals surface area contributed by atoms with Crippen LogP contribution in [0, 0.1) is 0 Å². The van der Waals surface area contributed by atoms with Gasteiger partial charge in [-0.2, -0.15) is 4.98 Å². The molecular formula is C21H17ClN4O. The zero-order chi connectivity index (χ0) is 17.5. The van der Waals surface area contributed by atoms with Gasteiger partial charge in [-0.15, -0.1) is 12.4 Å². The molecule has 134 valence electrons. The fourth-order valence-electron chi connectivity index (χ4n) is 3.21. The van der Waals surface area contributed by atoms with Crippen LogP contribution < -0.4 is 5.32 Å². The molecular weight excluding hydrogens is 360 g/mol. The van der Waals surface area contributed by atoms with Gasteiger partial charge >= 0.3 is 0 Å². The summed E-state index contributed by atoms with van der Waals surface area (Å²) in [5.74, 6) is 0. The topological polar surface area (TPSA) is 55.9 Å². The van der Waals surface area contributed by atoms with Gasteiger partial charge in [0.25, 0.3) is 6.01 Å². The summed E-state index contributed by atoms with van der Waals surface area (Å²) in [6.45, 7) is 0. The SMILES string of the molecule is Cl.Cn1cc(-c2ccc(Nc3nc4ccccc4o3)cc2)c2ncccc21. The highest BCUT2D eigenvalue weighted by Crippen LogP contribution is 2.30. The Kier molecular flexibility index (Phi) is 4.30. The van der Waals surface area contributed by atoms with Gasteiger partial charge in [-0.3, -0.25) is 4.98 Å². The summed E-state index contributed by atoms with van der Waals surface area (Å²) in [7, 11) is 2.04. The molecule has 0 saturated carbocycles. The van der Waals surface area contributed by atoms with Crippen LogP contribution in [0.25, 0.3) is 33.3 Å². The number of benzene rings is 2. The van der Waals surface area contributed by atoms with Gasteiger partial charge in [0.05, 0.1) is 11.0 Å². The van der Waals surface area contributed by atoms with Crippen LogP contribution in [0.5, 0.6) is 0 Å². The van der Waals surface area contributed by atoms with Gasteiger partial charge in [-0.1, -0.05) is 24.3 Å². The Morgan fingerprint density at radius 3 is 2.59 bits per heavy atom. The minimum absolute atomic E-state index is 0. The zero-order valence-corrected chi connectivity index (χ0v) is 15.4. The maximum absolute atomic E-state index is 5.71. The second kappa shape index (κ2) is 6.78. The molecule has 0 bridgehead atoms. The largest absolute Gasteiger partial charge is 0.423 e. The molecule has 5 nitrogen and oxygen atoms in total. The number of aromatic nitrogens is 3. The van der Waals surface area contributed by atoms with E-state index in [0.717, 1.165) is 38.9 Å². The first-order valence-corrected chi connectivity index (χ1v) is 8.41. The molecule has 0 amide bonds. The van der Waals surface area contributed by atoms with Crippen LogP contribution in [-0.2, 0) is 7.05 Å². The third-order valence-electron chi connectivity index (χ3n) is 4.49. The van der Waals surface area contributed by atoms with Crippen molar-refractivity contribution in [2.24, 2.45) is 7.05 Å². The molecule has 2 aromatic carbocycles. The van der Waals surface area contributed by atoms with Crippen LogP contribution in [0.15, 0.2) is 77.5 Å². The third kappa shape index (κ3) is 3.02. The highest BCUT2D eigenvalue weighted by atomic mass is 35.5. The summed E-state index contributed by atoms with van der Waals surface area (Å²) in [6.07, 6.45) is 3.94. The van der Waals surface area contributed by atoms with Gasteiger partial charge in [-0.05, 0) is 42.0 Å². The predicted octanol–water partition coefficient (Wildman–Crippen LogP) is 5.55. The molecule has 0 aliphatic rings. The van der Waals surface area contributed by atoms with Gasteiger partial charge in [0.2, 0.25) is 0 Å². The van der Waals surface area contributed by atoms with E-state index >= 15 is 0 Å². The van der Waals surface area contributed by atoms with Crippen molar-refractivity contribution >= 4 is 46.2 Å². The maximum Gasteiger partial charge on any atom is 0.300 e. The van der Waals surface area contributed by atoms with E-state index in [4.69, 9.17) is 4.42 Å². The number of nitrogens with one attached hydrogen (secondary N) is 1. The van der Waals surface area contributed by atoms with E-state index < -0.39 is 0 Å². The number of aryl methyl sites for hydroxylation is 1. The molecule has 5 aromatic rings. The third-order valence-corrected chi connectivity index (χ3v) is 4.49. The van der Waals surface area contributed by atoms with Gasteiger partial charge in [0, 0.05) is 30.7 Å². The molecule has 6 heteroatoms. The molecule has 0 radical (unpaired) electrons. The number of hydrogen-bond donors (Lipinski definition) is 1. The molecule has 27 heavy (non-hydrogen) atoms. The molecule has 1 N–H and O–H groups in total. The molecule has 0 saturated heterocycles. The molecule has 0 unspecified atom stereocenters. The minimum Gasteiger partial charge on any atom is -0.423 e. The van der Waals surface area contributed by atoms with Crippen molar-refractivity contribution in [3.8, 4) is 11.1 Å². The van der Waals surface area contributed by atoms with E-state index in [-0.39, 0.29) is 12.4 Å². The van der Waals surface area contributed by atoms with Crippen molar-refractivity contribution < 1.29 is 4.42 Å². The van der Waals surface area contributed by atoms with E-state index in [1.165, 1.54) is 0 Å². The fourth-order valence-corrected chi connectivity index (χ4v) is 3.21. The number of nitrogens with zero attached hydrogens (tertiary/aromatic N) is 3. The number of anilines is 2. The van der Waals surface area contributed by atoms with Gasteiger partial charge in [-0.25, -0.2) is 0 Å². The quantitative estimate of drug-likeness (QED) is 0.448. The lowest BCUT2D eigenvalue weighted by Gasteiger charge is -2.03. The van der Waals surface area contributed by atoms with Crippen LogP contribution in [0.2, 0.25) is 0 Å².